The molecule has 0 radical (unpaired) electrons. The van der Waals surface area contributed by atoms with Crippen molar-refractivity contribution in [3.63, 3.8) is 0 Å². The van der Waals surface area contributed by atoms with Gasteiger partial charge in [-0.25, -0.2) is 0 Å². The van der Waals surface area contributed by atoms with Gasteiger partial charge in [0.25, 0.3) is 0 Å². The van der Waals surface area contributed by atoms with Crippen molar-refractivity contribution in [1.29, 1.82) is 0 Å². The van der Waals surface area contributed by atoms with Crippen LogP contribution in [0.5, 0.6) is 0 Å². The largest absolute Gasteiger partial charge is 0.384 e. The third-order valence-corrected chi connectivity index (χ3v) is 3.61. The van der Waals surface area contributed by atoms with E-state index >= 15 is 0 Å². The lowest BCUT2D eigenvalue weighted by atomic mass is 10.1. The third kappa shape index (κ3) is 3.57. The highest BCUT2D eigenvalue weighted by Gasteiger charge is 2.15. The topological polar surface area (TPSA) is 41.6 Å². The molecule has 2 N–H and O–H groups in total. The van der Waals surface area contributed by atoms with E-state index in [-0.39, 0.29) is 0 Å². The second-order valence-electron chi connectivity index (χ2n) is 5.04. The zero-order valence-corrected chi connectivity index (χ0v) is 11.2. The molecule has 1 unspecified atom stereocenters. The van der Waals surface area contributed by atoms with E-state index in [2.05, 4.69) is 16.8 Å². The lowest BCUT2D eigenvalue weighted by molar-refractivity contribution is 0.178. The minimum Gasteiger partial charge on any atom is -0.384 e. The van der Waals surface area contributed by atoms with E-state index in [0.717, 1.165) is 12.1 Å². The molecule has 98 valence electrons. The van der Waals surface area contributed by atoms with Crippen molar-refractivity contribution in [3.8, 4) is 0 Å². The summed E-state index contributed by atoms with van der Waals surface area (Å²) in [7, 11) is 0. The molecular formula is C15H23N3. The summed E-state index contributed by atoms with van der Waals surface area (Å²) in [6.07, 6.45) is 4.02. The average molecular weight is 245 g/mol. The highest BCUT2D eigenvalue weighted by Crippen LogP contribution is 2.12. The van der Waals surface area contributed by atoms with Gasteiger partial charge in [-0.1, -0.05) is 36.8 Å². The van der Waals surface area contributed by atoms with Crippen LogP contribution in [0.4, 0.5) is 0 Å². The fourth-order valence-electron chi connectivity index (χ4n) is 2.41. The maximum atomic E-state index is 6.00. The summed E-state index contributed by atoms with van der Waals surface area (Å²) in [4.78, 5) is 7.04. The Balaban J connectivity index is 1.89. The normalized spacial score (nSPS) is 19.7. The Morgan fingerprint density at radius 1 is 1.22 bits per heavy atom. The van der Waals surface area contributed by atoms with Crippen LogP contribution in [-0.4, -0.2) is 36.4 Å². The zero-order valence-electron chi connectivity index (χ0n) is 11.2. The Hall–Kier alpha value is -1.35. The maximum Gasteiger partial charge on any atom is 0.125 e. The molecule has 0 bridgehead atoms. The Morgan fingerprint density at radius 2 is 1.89 bits per heavy atom. The van der Waals surface area contributed by atoms with Gasteiger partial charge in [0.05, 0.1) is 6.54 Å². The number of amidine groups is 1. The third-order valence-electron chi connectivity index (χ3n) is 3.61. The lowest BCUT2D eigenvalue weighted by Gasteiger charge is -2.31. The van der Waals surface area contributed by atoms with Crippen molar-refractivity contribution in [3.05, 3.63) is 35.9 Å². The van der Waals surface area contributed by atoms with Crippen LogP contribution < -0.4 is 5.73 Å². The number of aliphatic imine (C=N–C) groups is 1. The Bertz CT molecular complexity index is 380. The molecule has 1 saturated heterocycles. The van der Waals surface area contributed by atoms with E-state index in [4.69, 9.17) is 5.73 Å². The number of hydrogen-bond donors (Lipinski definition) is 1. The molecule has 2 rings (SSSR count). The quantitative estimate of drug-likeness (QED) is 0.653. The first-order chi connectivity index (χ1) is 8.77. The van der Waals surface area contributed by atoms with Crippen molar-refractivity contribution < 1.29 is 0 Å². The van der Waals surface area contributed by atoms with Crippen LogP contribution in [0.1, 0.15) is 31.7 Å². The fraction of sp³-hybridized carbons (Fsp3) is 0.533. The highest BCUT2D eigenvalue weighted by molar-refractivity contribution is 5.97. The lowest BCUT2D eigenvalue weighted by Crippen LogP contribution is -2.39. The van der Waals surface area contributed by atoms with E-state index in [1.54, 1.807) is 0 Å². The summed E-state index contributed by atoms with van der Waals surface area (Å²) in [6, 6.07) is 10.5. The molecule has 0 amide bonds. The van der Waals surface area contributed by atoms with Crippen molar-refractivity contribution in [1.82, 2.24) is 4.90 Å². The van der Waals surface area contributed by atoms with Crippen molar-refractivity contribution in [2.75, 3.05) is 19.6 Å². The summed E-state index contributed by atoms with van der Waals surface area (Å²) < 4.78 is 0. The molecule has 1 aromatic rings. The van der Waals surface area contributed by atoms with Gasteiger partial charge in [-0.15, -0.1) is 0 Å². The van der Waals surface area contributed by atoms with Crippen LogP contribution in [0.25, 0.3) is 0 Å². The molecule has 3 heteroatoms. The first-order valence-electron chi connectivity index (χ1n) is 6.87. The van der Waals surface area contributed by atoms with Crippen molar-refractivity contribution in [2.24, 2.45) is 10.7 Å². The van der Waals surface area contributed by atoms with Gasteiger partial charge >= 0.3 is 0 Å². The number of likely N-dealkylation sites (tertiary alicyclic amines) is 1. The molecule has 1 fully saturated rings. The zero-order chi connectivity index (χ0) is 12.8. The Morgan fingerprint density at radius 3 is 2.56 bits per heavy atom. The van der Waals surface area contributed by atoms with Crippen LogP contribution >= 0.6 is 0 Å². The van der Waals surface area contributed by atoms with Crippen LogP contribution in [0.2, 0.25) is 0 Å². The van der Waals surface area contributed by atoms with E-state index < -0.39 is 0 Å². The number of rotatable bonds is 4. The van der Waals surface area contributed by atoms with Gasteiger partial charge in [-0.2, -0.15) is 0 Å². The van der Waals surface area contributed by atoms with Gasteiger partial charge in [0.1, 0.15) is 5.84 Å². The average Bonchev–Trinajstić information content (AvgIpc) is 2.46. The SMILES string of the molecule is CC(CN=C(N)c1ccccc1)N1CCCCC1. The van der Waals surface area contributed by atoms with E-state index in [9.17, 15) is 0 Å². The summed E-state index contributed by atoms with van der Waals surface area (Å²) in [5.41, 5.74) is 7.02. The molecule has 1 aliphatic heterocycles. The minimum absolute atomic E-state index is 0.493. The smallest absolute Gasteiger partial charge is 0.125 e. The van der Waals surface area contributed by atoms with Gasteiger partial charge in [0.2, 0.25) is 0 Å². The van der Waals surface area contributed by atoms with Crippen LogP contribution in [0.3, 0.4) is 0 Å². The number of piperidine rings is 1. The van der Waals surface area contributed by atoms with E-state index in [0.29, 0.717) is 11.9 Å². The number of hydrogen-bond acceptors (Lipinski definition) is 2. The molecule has 0 aliphatic carbocycles. The van der Waals surface area contributed by atoms with Gasteiger partial charge in [0, 0.05) is 11.6 Å². The number of nitrogens with zero attached hydrogens (tertiary/aromatic N) is 2. The predicted molar refractivity (Wildman–Crippen MR) is 76.9 cm³/mol. The standard InChI is InChI=1S/C15H23N3/c1-13(18-10-6-3-7-11-18)12-17-15(16)14-8-4-2-5-9-14/h2,4-5,8-9,13H,3,6-7,10-12H2,1H3,(H2,16,17). The molecule has 1 atom stereocenters. The fourth-order valence-corrected chi connectivity index (χ4v) is 2.41. The summed E-state index contributed by atoms with van der Waals surface area (Å²) in [6.45, 7) is 5.46. The first kappa shape index (κ1) is 13.1. The molecule has 3 nitrogen and oxygen atoms in total. The number of nitrogens with two attached hydrogens (primary N) is 1. The summed E-state index contributed by atoms with van der Waals surface area (Å²) >= 11 is 0. The summed E-state index contributed by atoms with van der Waals surface area (Å²) in [5.74, 6) is 0.652. The van der Waals surface area contributed by atoms with Crippen molar-refractivity contribution in [2.45, 2.75) is 32.2 Å². The van der Waals surface area contributed by atoms with Gasteiger partial charge < -0.3 is 5.73 Å². The van der Waals surface area contributed by atoms with Gasteiger partial charge in [-0.3, -0.25) is 9.89 Å². The Labute approximate surface area is 110 Å². The first-order valence-corrected chi connectivity index (χ1v) is 6.87. The van der Waals surface area contributed by atoms with E-state index in [1.807, 2.05) is 30.3 Å². The highest BCUT2D eigenvalue weighted by atomic mass is 15.2. The minimum atomic E-state index is 0.493. The van der Waals surface area contributed by atoms with Crippen LogP contribution in [-0.2, 0) is 0 Å². The van der Waals surface area contributed by atoms with Crippen LogP contribution in [0.15, 0.2) is 35.3 Å². The predicted octanol–water partition coefficient (Wildman–Crippen LogP) is 2.27. The van der Waals surface area contributed by atoms with Gasteiger partial charge in [0.15, 0.2) is 0 Å². The number of benzene rings is 1. The Kier molecular flexibility index (Phi) is 4.76. The molecule has 18 heavy (non-hydrogen) atoms. The summed E-state index contributed by atoms with van der Waals surface area (Å²) in [5, 5.41) is 0. The van der Waals surface area contributed by atoms with Crippen molar-refractivity contribution >= 4 is 5.84 Å². The molecule has 1 aromatic carbocycles. The monoisotopic (exact) mass is 245 g/mol. The molecular weight excluding hydrogens is 222 g/mol. The van der Waals surface area contributed by atoms with E-state index in [1.165, 1.54) is 32.4 Å². The molecule has 1 heterocycles. The molecule has 1 aliphatic rings. The molecule has 0 spiro atoms. The maximum absolute atomic E-state index is 6.00. The molecule has 0 aromatic heterocycles. The van der Waals surface area contributed by atoms with Crippen LogP contribution in [0, 0.1) is 0 Å². The molecule has 0 saturated carbocycles. The van der Waals surface area contributed by atoms with Gasteiger partial charge in [-0.05, 0) is 32.9 Å². The second-order valence-corrected chi connectivity index (χ2v) is 5.04. The second kappa shape index (κ2) is 6.55.